The van der Waals surface area contributed by atoms with Crippen LogP contribution in [0.5, 0.6) is 0 Å². The molecule has 0 spiro atoms. The van der Waals surface area contributed by atoms with E-state index in [1.54, 1.807) is 6.92 Å². The molecule has 1 N–H and O–H groups in total. The molecule has 1 heterocycles. The predicted octanol–water partition coefficient (Wildman–Crippen LogP) is 9.20. The van der Waals surface area contributed by atoms with Gasteiger partial charge in [-0.15, -0.1) is 11.3 Å². The molecular formula is C33H33F7N2O2S. The van der Waals surface area contributed by atoms with Crippen LogP contribution in [0.1, 0.15) is 78.6 Å². The van der Waals surface area contributed by atoms with Crippen LogP contribution in [-0.4, -0.2) is 24.7 Å². The van der Waals surface area contributed by atoms with Gasteiger partial charge in [0, 0.05) is 18.5 Å². The molecule has 45 heavy (non-hydrogen) atoms. The largest absolute Gasteiger partial charge is 0.416 e. The Hall–Kier alpha value is -3.43. The summed E-state index contributed by atoms with van der Waals surface area (Å²) in [7, 11) is 1.32. The third kappa shape index (κ3) is 6.89. The van der Waals surface area contributed by atoms with Crippen molar-refractivity contribution in [2.24, 2.45) is 5.41 Å². The van der Waals surface area contributed by atoms with Crippen LogP contribution in [0, 0.1) is 29.5 Å². The minimum Gasteiger partial charge on any atom is -0.396 e. The molecule has 0 aliphatic heterocycles. The first-order valence-corrected chi connectivity index (χ1v) is 15.2. The highest BCUT2D eigenvalue weighted by Gasteiger charge is 2.42. The highest BCUT2D eigenvalue weighted by molar-refractivity contribution is 7.16. The number of rotatable bonds is 7. The number of likely N-dealkylation sites (N-methyl/N-ethyl adjacent to an activating group) is 1. The molecule has 4 rings (SSSR count). The lowest BCUT2D eigenvalue weighted by molar-refractivity contribution is -0.143. The average Bonchev–Trinajstić information content (AvgIpc) is 3.32. The van der Waals surface area contributed by atoms with E-state index in [2.05, 4.69) is 6.07 Å². The normalized spacial score (nSPS) is 15.5. The second-order valence-corrected chi connectivity index (χ2v) is 13.4. The van der Waals surface area contributed by atoms with Crippen molar-refractivity contribution < 1.29 is 40.6 Å². The number of halogens is 7. The molecule has 1 saturated carbocycles. The van der Waals surface area contributed by atoms with Crippen LogP contribution < -0.4 is 4.90 Å². The van der Waals surface area contributed by atoms with Crippen LogP contribution >= 0.6 is 11.3 Å². The molecule has 1 amide bonds. The van der Waals surface area contributed by atoms with E-state index in [0.29, 0.717) is 39.4 Å². The Balaban J connectivity index is 1.90. The number of amides is 1. The Bertz CT molecular complexity index is 1600. The first kappa shape index (κ1) is 34.4. The zero-order valence-corrected chi connectivity index (χ0v) is 26.0. The fourth-order valence-corrected chi connectivity index (χ4v) is 7.63. The maximum Gasteiger partial charge on any atom is 0.416 e. The predicted molar refractivity (Wildman–Crippen MR) is 158 cm³/mol. The Morgan fingerprint density at radius 3 is 2.02 bits per heavy atom. The van der Waals surface area contributed by atoms with Crippen molar-refractivity contribution in [2.45, 2.75) is 77.1 Å². The van der Waals surface area contributed by atoms with Gasteiger partial charge >= 0.3 is 12.4 Å². The van der Waals surface area contributed by atoms with E-state index in [1.807, 2.05) is 0 Å². The van der Waals surface area contributed by atoms with Crippen molar-refractivity contribution in [1.29, 1.82) is 5.26 Å². The summed E-state index contributed by atoms with van der Waals surface area (Å²) < 4.78 is 96.1. The summed E-state index contributed by atoms with van der Waals surface area (Å²) in [6.07, 6.45) is -5.61. The first-order valence-electron chi connectivity index (χ1n) is 14.4. The Labute approximate surface area is 261 Å². The van der Waals surface area contributed by atoms with E-state index in [0.717, 1.165) is 37.0 Å². The number of hydrogen-bond acceptors (Lipinski definition) is 4. The Morgan fingerprint density at radius 2 is 1.53 bits per heavy atom. The number of thiophene rings is 1. The van der Waals surface area contributed by atoms with E-state index >= 15 is 0 Å². The molecule has 0 saturated heterocycles. The van der Waals surface area contributed by atoms with Crippen molar-refractivity contribution in [3.8, 4) is 16.5 Å². The van der Waals surface area contributed by atoms with Gasteiger partial charge in [0.25, 0.3) is 0 Å². The molecule has 2 aromatic carbocycles. The van der Waals surface area contributed by atoms with Gasteiger partial charge in [-0.3, -0.25) is 4.79 Å². The maximum atomic E-state index is 14.2. The summed E-state index contributed by atoms with van der Waals surface area (Å²) in [6, 6.07) is 7.24. The lowest BCUT2D eigenvalue weighted by Gasteiger charge is -2.35. The summed E-state index contributed by atoms with van der Waals surface area (Å²) >= 11 is 1.21. The van der Waals surface area contributed by atoms with Gasteiger partial charge in [-0.25, -0.2) is 4.39 Å². The van der Waals surface area contributed by atoms with Crippen molar-refractivity contribution >= 4 is 22.9 Å². The molecule has 12 heteroatoms. The van der Waals surface area contributed by atoms with Crippen LogP contribution in [0.4, 0.5) is 36.4 Å². The number of aliphatic hydroxyl groups is 1. The molecule has 4 nitrogen and oxygen atoms in total. The zero-order valence-electron chi connectivity index (χ0n) is 25.2. The van der Waals surface area contributed by atoms with E-state index in [1.165, 1.54) is 50.4 Å². The molecule has 0 bridgehead atoms. The van der Waals surface area contributed by atoms with Gasteiger partial charge in [-0.2, -0.15) is 31.6 Å². The number of benzene rings is 2. The highest BCUT2D eigenvalue weighted by Crippen LogP contribution is 2.49. The lowest BCUT2D eigenvalue weighted by Crippen LogP contribution is -2.42. The number of nitrogens with zero attached hydrogens (tertiary/aromatic N) is 2. The SMILES string of the molecule is Cc1cc(F)ccc1-c1sc(CC2(CO)CCCCC2)c(C#N)c1N(C)C(=O)C(C)(C)c1cc(C(F)(F)F)cc(C(F)(F)F)c1. The smallest absolute Gasteiger partial charge is 0.396 e. The second-order valence-electron chi connectivity index (χ2n) is 12.3. The highest BCUT2D eigenvalue weighted by atomic mass is 32.1. The molecule has 0 radical (unpaired) electrons. The van der Waals surface area contributed by atoms with Gasteiger partial charge in [0.2, 0.25) is 5.91 Å². The number of hydrogen-bond donors (Lipinski definition) is 1. The standard InChI is InChI=1S/C33H33F7N2O2S/c1-19-12-23(34)8-9-24(19)28-27(25(17-41)26(45-28)16-31(18-43)10-6-5-7-11-31)42(4)29(44)30(2,3)20-13-21(32(35,36)37)15-22(14-20)33(38,39)40/h8-9,12-15,43H,5-7,10-11,16,18H2,1-4H3. The van der Waals surface area contributed by atoms with Crippen molar-refractivity contribution in [2.75, 3.05) is 18.6 Å². The fraction of sp³-hybridized carbons (Fsp3) is 0.455. The molecule has 242 valence electrons. The minimum atomic E-state index is -5.10. The van der Waals surface area contributed by atoms with Crippen molar-refractivity contribution in [3.05, 3.63) is 74.9 Å². The first-order chi connectivity index (χ1) is 20.8. The molecule has 0 unspecified atom stereocenters. The number of nitriles is 1. The minimum absolute atomic E-state index is 0.00435. The van der Waals surface area contributed by atoms with Crippen molar-refractivity contribution in [3.63, 3.8) is 0 Å². The average molecular weight is 655 g/mol. The Morgan fingerprint density at radius 1 is 0.978 bits per heavy atom. The third-order valence-corrected chi connectivity index (χ3v) is 9.98. The van der Waals surface area contributed by atoms with Gasteiger partial charge < -0.3 is 10.0 Å². The number of anilines is 1. The fourth-order valence-electron chi connectivity index (χ4n) is 6.09. The van der Waals surface area contributed by atoms with Crippen LogP contribution in [0.15, 0.2) is 36.4 Å². The number of aryl methyl sites for hydroxylation is 1. The molecule has 1 aliphatic rings. The second kappa shape index (κ2) is 12.4. The number of aliphatic hydroxyl groups excluding tert-OH is 1. The summed E-state index contributed by atoms with van der Waals surface area (Å²) in [4.78, 5) is 16.3. The lowest BCUT2D eigenvalue weighted by atomic mass is 9.72. The van der Waals surface area contributed by atoms with Crippen molar-refractivity contribution in [1.82, 2.24) is 0 Å². The maximum absolute atomic E-state index is 14.2. The number of alkyl halides is 6. The molecule has 1 aliphatic carbocycles. The molecule has 1 aromatic heterocycles. The topological polar surface area (TPSA) is 64.3 Å². The summed E-state index contributed by atoms with van der Waals surface area (Å²) in [5.41, 5.74) is -4.75. The van der Waals surface area contributed by atoms with Crippen LogP contribution in [0.3, 0.4) is 0 Å². The summed E-state index contributed by atoms with van der Waals surface area (Å²) in [5.74, 6) is -1.36. The zero-order chi connectivity index (χ0) is 33.5. The molecular weight excluding hydrogens is 621 g/mol. The molecule has 0 atom stereocenters. The number of carbonyl (C=O) groups is 1. The third-order valence-electron chi connectivity index (χ3n) is 8.77. The number of carbonyl (C=O) groups excluding carboxylic acids is 1. The van der Waals surface area contributed by atoms with Crippen LogP contribution in [-0.2, 0) is 29.0 Å². The van der Waals surface area contributed by atoms with E-state index in [-0.39, 0.29) is 23.9 Å². The van der Waals surface area contributed by atoms with E-state index in [9.17, 15) is 45.9 Å². The van der Waals surface area contributed by atoms with Gasteiger partial charge in [0.05, 0.1) is 32.7 Å². The van der Waals surface area contributed by atoms with Crippen LogP contribution in [0.25, 0.3) is 10.4 Å². The van der Waals surface area contributed by atoms with Gasteiger partial charge in [0.15, 0.2) is 0 Å². The summed E-state index contributed by atoms with van der Waals surface area (Å²) in [5, 5.41) is 20.8. The van der Waals surface area contributed by atoms with E-state index in [4.69, 9.17) is 0 Å². The van der Waals surface area contributed by atoms with Gasteiger partial charge in [-0.1, -0.05) is 25.3 Å². The monoisotopic (exact) mass is 654 g/mol. The molecule has 1 fully saturated rings. The van der Waals surface area contributed by atoms with Gasteiger partial charge in [-0.05, 0) is 92.5 Å². The van der Waals surface area contributed by atoms with Gasteiger partial charge in [0.1, 0.15) is 11.9 Å². The molecule has 3 aromatic rings. The van der Waals surface area contributed by atoms with Crippen LogP contribution in [0.2, 0.25) is 0 Å². The van der Waals surface area contributed by atoms with E-state index < -0.39 is 51.6 Å². The quantitative estimate of drug-likeness (QED) is 0.259. The Kier molecular flexibility index (Phi) is 9.49. The summed E-state index contributed by atoms with van der Waals surface area (Å²) in [6.45, 7) is 3.99.